The van der Waals surface area contributed by atoms with Gasteiger partial charge in [-0.3, -0.25) is 4.79 Å². The number of thiophene rings is 1. The number of aryl methyl sites for hydroxylation is 1. The van der Waals surface area contributed by atoms with Crippen LogP contribution in [0.3, 0.4) is 0 Å². The van der Waals surface area contributed by atoms with E-state index < -0.39 is 10.0 Å². The molecule has 0 bridgehead atoms. The highest BCUT2D eigenvalue weighted by molar-refractivity contribution is 7.91. The minimum absolute atomic E-state index is 0.0102. The molecule has 1 atom stereocenters. The van der Waals surface area contributed by atoms with Crippen LogP contribution in [0.15, 0.2) is 39.9 Å². The van der Waals surface area contributed by atoms with Crippen molar-refractivity contribution in [3.05, 3.63) is 52.4 Å². The van der Waals surface area contributed by atoms with Crippen LogP contribution >= 0.6 is 11.3 Å². The molecule has 0 aliphatic carbocycles. The van der Waals surface area contributed by atoms with Gasteiger partial charge in [0, 0.05) is 5.38 Å². The summed E-state index contributed by atoms with van der Waals surface area (Å²) in [7, 11) is -3.79. The number of carbonyl (C=O) groups excluding carboxylic acids is 1. The molecule has 0 saturated carbocycles. The smallest absolute Gasteiger partial charge is 0.252 e. The maximum Gasteiger partial charge on any atom is 0.252 e. The molecule has 7 heteroatoms. The van der Waals surface area contributed by atoms with Gasteiger partial charge >= 0.3 is 0 Å². The van der Waals surface area contributed by atoms with Gasteiger partial charge in [0.25, 0.3) is 5.91 Å². The van der Waals surface area contributed by atoms with Crippen molar-refractivity contribution < 1.29 is 13.2 Å². The molecule has 0 saturated heterocycles. The highest BCUT2D eigenvalue weighted by Crippen LogP contribution is 2.24. The van der Waals surface area contributed by atoms with Crippen molar-refractivity contribution in [3.63, 3.8) is 0 Å². The number of rotatable bonds is 8. The molecular weight excluding hydrogens is 368 g/mol. The van der Waals surface area contributed by atoms with Crippen molar-refractivity contribution in [2.24, 2.45) is 11.1 Å². The number of nitrogens with one attached hydrogen (secondary N) is 1. The Balaban J connectivity index is 2.15. The molecule has 0 aliphatic heterocycles. The van der Waals surface area contributed by atoms with Gasteiger partial charge in [-0.05, 0) is 36.0 Å². The van der Waals surface area contributed by atoms with Crippen LogP contribution < -0.4 is 10.5 Å². The van der Waals surface area contributed by atoms with Gasteiger partial charge in [0.15, 0.2) is 0 Å². The highest BCUT2D eigenvalue weighted by Gasteiger charge is 2.21. The number of sulfonamides is 1. The zero-order valence-corrected chi connectivity index (χ0v) is 17.0. The zero-order chi connectivity index (χ0) is 19.3. The summed E-state index contributed by atoms with van der Waals surface area (Å²) in [5, 5.41) is 9.63. The minimum atomic E-state index is -3.79. The van der Waals surface area contributed by atoms with E-state index in [0.29, 0.717) is 5.56 Å². The number of benzene rings is 1. The van der Waals surface area contributed by atoms with Gasteiger partial charge in [-0.1, -0.05) is 51.5 Å². The van der Waals surface area contributed by atoms with Crippen LogP contribution in [-0.2, 0) is 16.4 Å². The molecule has 0 fully saturated rings. The monoisotopic (exact) mass is 394 g/mol. The molecule has 1 unspecified atom stereocenters. The number of unbranched alkanes of at least 4 members (excludes halogenated alkanes) is 1. The van der Waals surface area contributed by atoms with Crippen LogP contribution in [0.25, 0.3) is 0 Å². The number of amides is 1. The van der Waals surface area contributed by atoms with Crippen LogP contribution in [0.4, 0.5) is 0 Å². The third-order valence-corrected chi connectivity index (χ3v) is 6.62. The lowest BCUT2D eigenvalue weighted by molar-refractivity contribution is 0.0926. The van der Waals surface area contributed by atoms with E-state index >= 15 is 0 Å². The maximum atomic E-state index is 12.5. The first-order valence-electron chi connectivity index (χ1n) is 8.73. The van der Waals surface area contributed by atoms with Crippen LogP contribution in [0, 0.1) is 5.92 Å². The Morgan fingerprint density at radius 1 is 1.23 bits per heavy atom. The molecule has 0 aliphatic rings. The van der Waals surface area contributed by atoms with Gasteiger partial charge in [-0.15, -0.1) is 11.3 Å². The first-order valence-corrected chi connectivity index (χ1v) is 11.2. The second-order valence-electron chi connectivity index (χ2n) is 6.74. The predicted octanol–water partition coefficient (Wildman–Crippen LogP) is 3.87. The largest absolute Gasteiger partial charge is 0.345 e. The molecule has 2 aromatic rings. The summed E-state index contributed by atoms with van der Waals surface area (Å²) in [6.07, 6.45) is 3.38. The summed E-state index contributed by atoms with van der Waals surface area (Å²) < 4.78 is 22.8. The molecule has 1 aromatic heterocycles. The SMILES string of the molecule is CCCCc1ccc(C(NC(=O)c2csc(S(N)(=O)=O)c2)C(C)C)cc1. The molecule has 1 heterocycles. The Morgan fingerprint density at radius 2 is 1.88 bits per heavy atom. The van der Waals surface area contributed by atoms with Crippen molar-refractivity contribution in [1.82, 2.24) is 5.32 Å². The Hall–Kier alpha value is -1.70. The fraction of sp³-hybridized carbons (Fsp3) is 0.421. The second-order valence-corrected chi connectivity index (χ2v) is 9.44. The number of hydrogen-bond donors (Lipinski definition) is 2. The molecule has 5 nitrogen and oxygen atoms in total. The normalized spacial score (nSPS) is 13.0. The lowest BCUT2D eigenvalue weighted by atomic mass is 9.94. The number of carbonyl (C=O) groups is 1. The molecule has 3 N–H and O–H groups in total. The van der Waals surface area contributed by atoms with E-state index in [-0.39, 0.29) is 22.1 Å². The van der Waals surface area contributed by atoms with Gasteiger partial charge in [0.2, 0.25) is 10.0 Å². The van der Waals surface area contributed by atoms with E-state index in [1.165, 1.54) is 17.0 Å². The number of nitrogens with two attached hydrogens (primary N) is 1. The Kier molecular flexibility index (Phi) is 6.97. The van der Waals surface area contributed by atoms with Crippen molar-refractivity contribution in [1.29, 1.82) is 0 Å². The average molecular weight is 395 g/mol. The molecule has 1 aromatic carbocycles. The lowest BCUT2D eigenvalue weighted by Gasteiger charge is -2.23. The molecule has 26 heavy (non-hydrogen) atoms. The summed E-state index contributed by atoms with van der Waals surface area (Å²) >= 11 is 0.952. The minimum Gasteiger partial charge on any atom is -0.345 e. The van der Waals surface area contributed by atoms with Gasteiger partial charge in [-0.2, -0.15) is 0 Å². The van der Waals surface area contributed by atoms with Crippen LogP contribution in [-0.4, -0.2) is 14.3 Å². The Bertz CT molecular complexity index is 840. The molecule has 0 spiro atoms. The first-order chi connectivity index (χ1) is 12.2. The standard InChI is InChI=1S/C19H26N2O3S2/c1-4-5-6-14-7-9-15(10-8-14)18(13(2)3)21-19(22)16-11-17(25-12-16)26(20,23)24/h7-13,18H,4-6H2,1-3H3,(H,21,22)(H2,20,23,24). The van der Waals surface area contributed by atoms with Crippen LogP contribution in [0.1, 0.15) is 61.1 Å². The Morgan fingerprint density at radius 3 is 2.38 bits per heavy atom. The van der Waals surface area contributed by atoms with E-state index in [9.17, 15) is 13.2 Å². The maximum absolute atomic E-state index is 12.5. The summed E-state index contributed by atoms with van der Waals surface area (Å²) in [5.74, 6) is -0.110. The average Bonchev–Trinajstić information content (AvgIpc) is 3.08. The first kappa shape index (κ1) is 20.6. The van der Waals surface area contributed by atoms with E-state index in [0.717, 1.165) is 36.2 Å². The summed E-state index contributed by atoms with van der Waals surface area (Å²) in [5.41, 5.74) is 2.64. The van der Waals surface area contributed by atoms with E-state index in [4.69, 9.17) is 5.14 Å². The Labute approximate surface area is 159 Å². The summed E-state index contributed by atoms with van der Waals surface area (Å²) in [6, 6.07) is 9.49. The van der Waals surface area contributed by atoms with Gasteiger partial charge in [0.05, 0.1) is 11.6 Å². The molecule has 1 amide bonds. The predicted molar refractivity (Wildman–Crippen MR) is 106 cm³/mol. The number of hydrogen-bond acceptors (Lipinski definition) is 4. The summed E-state index contributed by atoms with van der Waals surface area (Å²) in [4.78, 5) is 12.5. The highest BCUT2D eigenvalue weighted by atomic mass is 32.2. The molecular formula is C19H26N2O3S2. The zero-order valence-electron chi connectivity index (χ0n) is 15.4. The third kappa shape index (κ3) is 5.40. The van der Waals surface area contributed by atoms with E-state index in [1.807, 2.05) is 13.8 Å². The van der Waals surface area contributed by atoms with Crippen LogP contribution in [0.5, 0.6) is 0 Å². The summed E-state index contributed by atoms with van der Waals surface area (Å²) in [6.45, 7) is 6.25. The molecule has 2 rings (SSSR count). The second kappa shape index (κ2) is 8.79. The van der Waals surface area contributed by atoms with Gasteiger partial charge < -0.3 is 5.32 Å². The van der Waals surface area contributed by atoms with Crippen molar-refractivity contribution >= 4 is 27.3 Å². The van der Waals surface area contributed by atoms with Crippen molar-refractivity contribution in [3.8, 4) is 0 Å². The molecule has 142 valence electrons. The third-order valence-electron chi connectivity index (χ3n) is 4.23. The van der Waals surface area contributed by atoms with E-state index in [1.54, 1.807) is 0 Å². The topological polar surface area (TPSA) is 89.3 Å². The molecule has 0 radical (unpaired) electrons. The quantitative estimate of drug-likeness (QED) is 0.712. The fourth-order valence-corrected chi connectivity index (χ4v) is 4.30. The van der Waals surface area contributed by atoms with Gasteiger partial charge in [-0.25, -0.2) is 13.6 Å². The van der Waals surface area contributed by atoms with Crippen molar-refractivity contribution in [2.75, 3.05) is 0 Å². The van der Waals surface area contributed by atoms with Gasteiger partial charge in [0.1, 0.15) is 4.21 Å². The van der Waals surface area contributed by atoms with E-state index in [2.05, 4.69) is 36.5 Å². The van der Waals surface area contributed by atoms with Crippen LogP contribution in [0.2, 0.25) is 0 Å². The van der Waals surface area contributed by atoms with Crippen molar-refractivity contribution in [2.45, 2.75) is 50.3 Å². The number of primary sulfonamides is 1. The lowest BCUT2D eigenvalue weighted by Crippen LogP contribution is -2.31. The fourth-order valence-electron chi connectivity index (χ4n) is 2.72.